The lowest BCUT2D eigenvalue weighted by Crippen LogP contribution is -2.56. The monoisotopic (exact) mass is 958 g/mol. The minimum absolute atomic E-state index is 0.0335. The highest BCUT2D eigenvalue weighted by Crippen LogP contribution is 2.31. The van der Waals surface area contributed by atoms with Crippen LogP contribution >= 0.6 is 0 Å². The third kappa shape index (κ3) is 24.3. The number of hydrogen-bond donors (Lipinski definition) is 9. The Hall–Kier alpha value is -6.51. The van der Waals surface area contributed by atoms with Gasteiger partial charge in [-0.25, -0.2) is 9.59 Å². The van der Waals surface area contributed by atoms with Crippen molar-refractivity contribution in [3.05, 3.63) is 60.4 Å². The fraction of sp³-hybridized carbons (Fsp3) is 0.596. The molecule has 11 N–H and O–H groups in total. The Morgan fingerprint density at radius 3 is 2.21 bits per heavy atom. The molecule has 1 aliphatic heterocycles. The van der Waals surface area contributed by atoms with Crippen LogP contribution in [0, 0.1) is 17.3 Å². The van der Waals surface area contributed by atoms with E-state index in [1.807, 2.05) is 19.1 Å². The molecule has 9 amide bonds. The molecule has 0 aromatic heterocycles. The van der Waals surface area contributed by atoms with E-state index in [0.717, 1.165) is 18.9 Å². The summed E-state index contributed by atoms with van der Waals surface area (Å²) in [7, 11) is 1.45. The second kappa shape index (κ2) is 32.2. The Morgan fingerprint density at radius 2 is 1.57 bits per heavy atom. The summed E-state index contributed by atoms with van der Waals surface area (Å²) in [6.07, 6.45) is 16.2. The highest BCUT2D eigenvalue weighted by Gasteiger charge is 2.43. The van der Waals surface area contributed by atoms with Gasteiger partial charge < -0.3 is 62.9 Å². The lowest BCUT2D eigenvalue weighted by molar-refractivity contribution is -0.176. The second-order valence-corrected chi connectivity index (χ2v) is 17.1. The number of primary amides is 2. The first-order chi connectivity index (χ1) is 32.1. The van der Waals surface area contributed by atoms with Crippen LogP contribution in [0.4, 0.5) is 9.59 Å². The molecule has 0 saturated carbocycles. The molecule has 0 aromatic rings. The zero-order valence-corrected chi connectivity index (χ0v) is 40.8. The lowest BCUT2D eigenvalue weighted by atomic mass is 9.83. The van der Waals surface area contributed by atoms with Gasteiger partial charge in [0.1, 0.15) is 36.5 Å². The van der Waals surface area contributed by atoms with Crippen molar-refractivity contribution in [1.82, 2.24) is 37.2 Å². The average Bonchev–Trinajstić information content (AvgIpc) is 3.28. The van der Waals surface area contributed by atoms with Gasteiger partial charge in [0.15, 0.2) is 0 Å². The van der Waals surface area contributed by atoms with Crippen LogP contribution in [0.5, 0.6) is 0 Å². The van der Waals surface area contributed by atoms with Crippen molar-refractivity contribution in [3.63, 3.8) is 0 Å². The van der Waals surface area contributed by atoms with Crippen LogP contribution in [0.25, 0.3) is 0 Å². The summed E-state index contributed by atoms with van der Waals surface area (Å²) in [5, 5.41) is 16.7. The van der Waals surface area contributed by atoms with Gasteiger partial charge >= 0.3 is 24.0 Å². The van der Waals surface area contributed by atoms with Gasteiger partial charge in [0.25, 0.3) is 5.91 Å². The van der Waals surface area contributed by atoms with Crippen LogP contribution in [0.1, 0.15) is 99.8 Å². The predicted molar refractivity (Wildman–Crippen MR) is 254 cm³/mol. The van der Waals surface area contributed by atoms with Gasteiger partial charge in [-0.1, -0.05) is 77.2 Å². The smallest absolute Gasteiger partial charge is 0.325 e. The Balaban J connectivity index is 3.71. The number of allylic oxidation sites excluding steroid dienone is 6. The molecule has 0 bridgehead atoms. The SMILES string of the molecule is CC/C=C1/NC(=O)/C=C/[C@H]([C@@H](C)CC)OC(=O)C(C)(C)[C@H](C[C@H](/C=C/C=C/C/C=C\CCC(C)C)OC)OC(=O)CNC(=O)[C@H](CNC(N)=O)NC(=O)CNC(=O)[C@@H](CCCNC(N)=O)NC1=O. The highest BCUT2D eigenvalue weighted by molar-refractivity contribution is 6.02. The number of methoxy groups -OCH3 is 1. The summed E-state index contributed by atoms with van der Waals surface area (Å²) in [6.45, 7) is 10.8. The largest absolute Gasteiger partial charge is 0.460 e. The number of ether oxygens (including phenoxy) is 3. The number of cyclic esters (lactones) is 2. The molecule has 1 heterocycles. The summed E-state index contributed by atoms with van der Waals surface area (Å²) in [4.78, 5) is 117. The molecule has 0 radical (unpaired) electrons. The van der Waals surface area contributed by atoms with Crippen LogP contribution in [-0.4, -0.2) is 117 Å². The predicted octanol–water partition coefficient (Wildman–Crippen LogP) is 2.08. The first-order valence-electron chi connectivity index (χ1n) is 23.0. The van der Waals surface area contributed by atoms with E-state index in [4.69, 9.17) is 25.7 Å². The van der Waals surface area contributed by atoms with E-state index in [-0.39, 0.29) is 43.8 Å². The quantitative estimate of drug-likeness (QED) is 0.0296. The molecule has 1 aliphatic rings. The van der Waals surface area contributed by atoms with E-state index in [1.165, 1.54) is 33.1 Å². The van der Waals surface area contributed by atoms with Gasteiger partial charge in [0.05, 0.1) is 18.1 Å². The highest BCUT2D eigenvalue weighted by atomic mass is 16.6. The van der Waals surface area contributed by atoms with E-state index in [0.29, 0.717) is 18.8 Å². The molecule has 380 valence electrons. The molecule has 68 heavy (non-hydrogen) atoms. The Labute approximate surface area is 399 Å². The van der Waals surface area contributed by atoms with Crippen LogP contribution in [0.3, 0.4) is 0 Å². The Bertz CT molecular complexity index is 1860. The molecule has 0 fully saturated rings. The standard InChI is InChI=1S/C47H75N9O12/c1-9-19-33-43(62)56-34(22-18-25-50-45(48)64)41(60)51-28-39(58)55-35(27-53-46(49)65)42(61)52-29-40(59)68-37(26-32(66-8)21-17-15-13-11-12-14-16-20-30(3)4)47(6,7)44(63)67-36(31(5)10-2)23-24-38(57)54-33/h12-15,17,19,21,23-24,30-32,34-37H,9-11,16,18,20,22,25-29H2,1-8H3,(H,51,60)(H,52,61)(H,54,57)(H,55,58)(H,56,62)(H3,48,50,64)(H3,49,53,65)/b14-12-,15-13+,21-17+,24-23+,33-19+/t31-,32-,34+,35-,36+,37-/m0/s1. The minimum atomic E-state index is -1.57. The number of amides is 9. The molecular formula is C47H75N9O12. The maximum absolute atomic E-state index is 14.2. The number of nitrogens with one attached hydrogen (secondary N) is 7. The van der Waals surface area contributed by atoms with E-state index in [9.17, 15) is 43.2 Å². The minimum Gasteiger partial charge on any atom is -0.460 e. The second-order valence-electron chi connectivity index (χ2n) is 17.1. The van der Waals surface area contributed by atoms with Crippen molar-refractivity contribution in [2.75, 3.05) is 33.3 Å². The third-order valence-corrected chi connectivity index (χ3v) is 10.6. The van der Waals surface area contributed by atoms with Gasteiger partial charge in [-0.15, -0.1) is 0 Å². The maximum Gasteiger partial charge on any atom is 0.325 e. The molecule has 21 heteroatoms. The molecule has 0 saturated heterocycles. The maximum atomic E-state index is 14.2. The van der Waals surface area contributed by atoms with Crippen molar-refractivity contribution in [1.29, 1.82) is 0 Å². The molecular weight excluding hydrogens is 883 g/mol. The third-order valence-electron chi connectivity index (χ3n) is 10.6. The van der Waals surface area contributed by atoms with Crippen LogP contribution in [0.2, 0.25) is 0 Å². The van der Waals surface area contributed by atoms with Gasteiger partial charge in [-0.2, -0.15) is 0 Å². The lowest BCUT2D eigenvalue weighted by Gasteiger charge is -2.35. The van der Waals surface area contributed by atoms with E-state index >= 15 is 0 Å². The first kappa shape index (κ1) is 59.5. The zero-order valence-electron chi connectivity index (χ0n) is 40.8. The summed E-state index contributed by atoms with van der Waals surface area (Å²) < 4.78 is 17.6. The fourth-order valence-electron chi connectivity index (χ4n) is 6.22. The topological polar surface area (TPSA) is 318 Å². The molecule has 0 unspecified atom stereocenters. The number of carbonyl (C=O) groups is 9. The summed E-state index contributed by atoms with van der Waals surface area (Å²) in [6, 6.07) is -4.68. The molecule has 0 spiro atoms. The molecule has 0 aromatic carbocycles. The van der Waals surface area contributed by atoms with Gasteiger partial charge in [-0.05, 0) is 76.7 Å². The molecule has 1 rings (SSSR count). The van der Waals surface area contributed by atoms with Crippen molar-refractivity contribution in [2.45, 2.75) is 130 Å². The molecule has 21 nitrogen and oxygen atoms in total. The van der Waals surface area contributed by atoms with Crippen LogP contribution in [-0.2, 0) is 47.8 Å². The molecule has 0 aliphatic carbocycles. The van der Waals surface area contributed by atoms with Crippen molar-refractivity contribution >= 4 is 53.5 Å². The number of esters is 2. The van der Waals surface area contributed by atoms with E-state index in [1.54, 1.807) is 26.0 Å². The van der Waals surface area contributed by atoms with E-state index < -0.39 is 109 Å². The number of nitrogens with two attached hydrogens (primary N) is 2. The number of hydrogen-bond acceptors (Lipinski definition) is 12. The summed E-state index contributed by atoms with van der Waals surface area (Å²) in [5.74, 6) is -5.83. The van der Waals surface area contributed by atoms with Crippen LogP contribution < -0.4 is 48.7 Å². The summed E-state index contributed by atoms with van der Waals surface area (Å²) in [5.41, 5.74) is 8.59. The number of urea groups is 2. The van der Waals surface area contributed by atoms with Crippen molar-refractivity contribution < 1.29 is 57.4 Å². The van der Waals surface area contributed by atoms with E-state index in [2.05, 4.69) is 63.2 Å². The summed E-state index contributed by atoms with van der Waals surface area (Å²) >= 11 is 0. The van der Waals surface area contributed by atoms with Crippen LogP contribution in [0.15, 0.2) is 60.4 Å². The molecule has 6 atom stereocenters. The number of rotatable bonds is 19. The Morgan fingerprint density at radius 1 is 0.897 bits per heavy atom. The van der Waals surface area contributed by atoms with Gasteiger partial charge in [-0.3, -0.25) is 33.6 Å². The van der Waals surface area contributed by atoms with Gasteiger partial charge in [0, 0.05) is 32.7 Å². The zero-order chi connectivity index (χ0) is 51.2. The first-order valence-corrected chi connectivity index (χ1v) is 23.0. The van der Waals surface area contributed by atoms with Crippen molar-refractivity contribution in [2.24, 2.45) is 28.7 Å². The fourth-order valence-corrected chi connectivity index (χ4v) is 6.22. The van der Waals surface area contributed by atoms with Gasteiger partial charge in [0.2, 0.25) is 23.6 Å². The Kier molecular flexibility index (Phi) is 28.2. The number of carbonyl (C=O) groups excluding carboxylic acids is 9. The average molecular weight is 958 g/mol. The van der Waals surface area contributed by atoms with Crippen molar-refractivity contribution in [3.8, 4) is 0 Å². The normalized spacial score (nSPS) is 22.8.